The summed E-state index contributed by atoms with van der Waals surface area (Å²) >= 11 is 0. The van der Waals surface area contributed by atoms with Crippen LogP contribution < -0.4 is 20.7 Å². The largest absolute Gasteiger partial charge is 0.405 e. The molecule has 0 spiro atoms. The van der Waals surface area contributed by atoms with Crippen LogP contribution in [0.15, 0.2) is 187 Å². The lowest BCUT2D eigenvalue weighted by Crippen LogP contribution is -2.68. The molecule has 4 aliphatic heterocycles. The van der Waals surface area contributed by atoms with Crippen LogP contribution in [-0.2, 0) is 69.4 Å². The van der Waals surface area contributed by atoms with E-state index in [9.17, 15) is 5.53 Å². The molecule has 0 saturated carbocycles. The fourth-order valence-electron chi connectivity index (χ4n) is 15.1. The average Bonchev–Trinajstić information content (AvgIpc) is 0.755. The quantitative estimate of drug-likeness (QED) is 0.0245. The molecule has 0 bridgehead atoms. The van der Waals surface area contributed by atoms with E-state index in [1.165, 1.54) is 10.4 Å². The van der Waals surface area contributed by atoms with Gasteiger partial charge in [0.25, 0.3) is 16.6 Å². The lowest BCUT2D eigenvalue weighted by atomic mass is 9.84. The van der Waals surface area contributed by atoms with Crippen LogP contribution in [0.2, 0.25) is 10.1 Å². The molecule has 20 atom stereocenters. The molecule has 94 heavy (non-hydrogen) atoms. The van der Waals surface area contributed by atoms with Gasteiger partial charge in [-0.2, -0.15) is 0 Å². The van der Waals surface area contributed by atoms with Gasteiger partial charge in [0.1, 0.15) is 18.3 Å². The van der Waals surface area contributed by atoms with E-state index in [0.717, 1.165) is 21.5 Å². The topological polar surface area (TPSA) is 160 Å². The van der Waals surface area contributed by atoms with Crippen molar-refractivity contribution < 1.29 is 56.2 Å². The van der Waals surface area contributed by atoms with Gasteiger partial charge in [-0.1, -0.05) is 270 Å². The Hall–Kier alpha value is -5.42. The third kappa shape index (κ3) is 15.3. The molecule has 15 nitrogen and oxygen atoms in total. The zero-order chi connectivity index (χ0) is 67.0. The van der Waals surface area contributed by atoms with Crippen LogP contribution in [0.25, 0.3) is 10.4 Å². The normalized spacial score (nSPS) is 31.9. The number of hydrogen-bond acceptors (Lipinski definition) is 13. The van der Waals surface area contributed by atoms with E-state index in [4.69, 9.17) is 56.2 Å². The highest BCUT2D eigenvalue weighted by Gasteiger charge is 2.57. The van der Waals surface area contributed by atoms with Gasteiger partial charge in [0.05, 0.1) is 69.1 Å². The molecule has 8 unspecified atom stereocenters. The summed E-state index contributed by atoms with van der Waals surface area (Å²) < 4.78 is 86.2. The predicted octanol–water partition coefficient (Wildman–Crippen LogP) is 13.5. The summed E-state index contributed by atoms with van der Waals surface area (Å²) in [5.74, 6) is -1.17. The van der Waals surface area contributed by atoms with E-state index >= 15 is 0 Å². The molecule has 6 aromatic rings. The second-order valence-corrected chi connectivity index (χ2v) is 37.5. The first kappa shape index (κ1) is 71.4. The van der Waals surface area contributed by atoms with Gasteiger partial charge in [0, 0.05) is 35.7 Å². The first-order valence-electron chi connectivity index (χ1n) is 34.1. The summed E-state index contributed by atoms with van der Waals surface area (Å²) in [5, 5.41) is 8.50. The van der Waals surface area contributed by atoms with Crippen molar-refractivity contribution in [1.29, 1.82) is 0 Å². The van der Waals surface area contributed by atoms with Gasteiger partial charge in [-0.15, -0.1) is 0 Å². The summed E-state index contributed by atoms with van der Waals surface area (Å²) in [5.41, 5.74) is 12.7. The summed E-state index contributed by atoms with van der Waals surface area (Å²) in [6.07, 6.45) is -8.11. The maximum absolute atomic E-state index is 10.6. The van der Waals surface area contributed by atoms with Crippen molar-refractivity contribution >= 4 is 37.4 Å². The third-order valence-electron chi connectivity index (χ3n) is 20.7. The molecule has 0 aliphatic carbocycles. The Balaban J connectivity index is 0.984. The molecule has 0 amide bonds. The van der Waals surface area contributed by atoms with Crippen molar-refractivity contribution in [2.24, 2.45) is 40.6 Å². The van der Waals surface area contributed by atoms with Crippen molar-refractivity contribution in [3.8, 4) is 0 Å². The number of ether oxygens (including phenoxy) is 10. The van der Waals surface area contributed by atoms with Gasteiger partial charge in [-0.05, 0) is 73.2 Å². The number of azide groups is 1. The molecule has 4 saturated heterocycles. The fraction of sp³-hybridized carbons (Fsp3) is 0.532. The smallest absolute Gasteiger partial charge is 0.261 e. The van der Waals surface area contributed by atoms with Crippen LogP contribution in [0.1, 0.15) is 108 Å². The Morgan fingerprint density at radius 3 is 1.16 bits per heavy atom. The number of rotatable bonds is 24. The summed E-state index contributed by atoms with van der Waals surface area (Å²) in [6.45, 7) is 31.6. The third-order valence-corrected chi connectivity index (χ3v) is 30.7. The number of hydrogen-bond donors (Lipinski definition) is 0. The minimum atomic E-state index is -3.18. The maximum Gasteiger partial charge on any atom is 0.261 e. The van der Waals surface area contributed by atoms with Crippen LogP contribution in [0.3, 0.4) is 0 Å². The molecule has 4 aliphatic rings. The molecule has 10 rings (SSSR count). The molecular formula is C77H103N3O12Si2. The van der Waals surface area contributed by atoms with E-state index in [0.29, 0.717) is 6.61 Å². The second kappa shape index (κ2) is 31.4. The molecule has 17 heteroatoms. The molecule has 0 radical (unpaired) electrons. The molecule has 0 N–H and O–H groups in total. The van der Waals surface area contributed by atoms with Crippen LogP contribution in [0.5, 0.6) is 0 Å². The molecule has 4 heterocycles. The molecule has 506 valence electrons. The Kier molecular flexibility index (Phi) is 23.8. The Labute approximate surface area is 561 Å². The standard InChI is InChI=1S/C77H103N3O12Si2/c1-50-51(2)72(81-15)88-64(48-84-93(76(9,10)11,60-38-26-18-27-39-60)61-40-28-19-29-41-61)68(50)90-74-55(6)70(83-47-59-36-24-17-25-37-59)71(57(8)87-74)92-75-66(79-80-78)53(4)69(91-73-54(5)67(52(3)56(7)86-73)82-46-58-34-22-16-23-35-58)65(89-75)49-85-94(77(12,13)14,62-42-30-20-31-43-62)63-44-32-21-33-45-63/h16-45,50-57,64-75H,46-49H2,1-15H3/t50-,51?,52-,53-,54?,55?,56?,57?,64?,65?,66?,67-,68+,69+,70+,71-,72+,73+,74+,75+/m1/s1. The predicted molar refractivity (Wildman–Crippen MR) is 373 cm³/mol. The highest BCUT2D eigenvalue weighted by atomic mass is 28.4. The van der Waals surface area contributed by atoms with E-state index in [2.05, 4.69) is 233 Å². The molecular weight excluding hydrogens is 1220 g/mol. The van der Waals surface area contributed by atoms with Crippen LogP contribution >= 0.6 is 0 Å². The molecule has 4 fully saturated rings. The van der Waals surface area contributed by atoms with Gasteiger partial charge in [0.2, 0.25) is 0 Å². The Morgan fingerprint density at radius 2 is 0.755 bits per heavy atom. The minimum absolute atomic E-state index is 0.0460. The van der Waals surface area contributed by atoms with Gasteiger partial charge in [-0.25, -0.2) is 0 Å². The van der Waals surface area contributed by atoms with Crippen molar-refractivity contribution in [2.75, 3.05) is 20.3 Å². The summed E-state index contributed by atoms with van der Waals surface area (Å²) in [7, 11) is -4.51. The van der Waals surface area contributed by atoms with Crippen molar-refractivity contribution in [3.05, 3.63) is 204 Å². The lowest BCUT2D eigenvalue weighted by Gasteiger charge is -2.52. The zero-order valence-electron chi connectivity index (χ0n) is 57.9. The fourth-order valence-corrected chi connectivity index (χ4v) is 24.3. The summed E-state index contributed by atoms with van der Waals surface area (Å²) in [4.78, 5) is 3.50. The Bertz CT molecular complexity index is 3230. The van der Waals surface area contributed by atoms with Crippen LogP contribution in [0, 0.1) is 35.5 Å². The first-order chi connectivity index (χ1) is 45.1. The van der Waals surface area contributed by atoms with E-state index in [1.54, 1.807) is 7.11 Å². The monoisotopic (exact) mass is 1320 g/mol. The lowest BCUT2D eigenvalue weighted by molar-refractivity contribution is -0.362. The molecule has 6 aromatic carbocycles. The molecule has 0 aromatic heterocycles. The Morgan fingerprint density at radius 1 is 0.394 bits per heavy atom. The van der Waals surface area contributed by atoms with Gasteiger partial charge >= 0.3 is 0 Å². The number of methoxy groups -OCH3 is 1. The van der Waals surface area contributed by atoms with E-state index in [1.807, 2.05) is 55.5 Å². The highest BCUT2D eigenvalue weighted by Crippen LogP contribution is 2.45. The van der Waals surface area contributed by atoms with E-state index < -0.39 is 102 Å². The van der Waals surface area contributed by atoms with Crippen molar-refractivity contribution in [3.63, 3.8) is 0 Å². The first-order valence-corrected chi connectivity index (χ1v) is 37.9. The highest BCUT2D eigenvalue weighted by molar-refractivity contribution is 7.00. The summed E-state index contributed by atoms with van der Waals surface area (Å²) in [6, 6.07) is 61.9. The number of nitrogens with zero attached hydrogens (tertiary/aromatic N) is 3. The van der Waals surface area contributed by atoms with Crippen molar-refractivity contribution in [2.45, 2.75) is 206 Å². The second-order valence-electron chi connectivity index (χ2n) is 28.9. The van der Waals surface area contributed by atoms with Crippen molar-refractivity contribution in [1.82, 2.24) is 0 Å². The minimum Gasteiger partial charge on any atom is -0.405 e. The van der Waals surface area contributed by atoms with Crippen LogP contribution in [-0.4, -0.2) is 123 Å². The van der Waals surface area contributed by atoms with Gasteiger partial charge in [-0.3, -0.25) is 0 Å². The van der Waals surface area contributed by atoms with Gasteiger partial charge < -0.3 is 56.2 Å². The zero-order valence-corrected chi connectivity index (χ0v) is 59.9. The van der Waals surface area contributed by atoms with Crippen LogP contribution in [0.4, 0.5) is 0 Å². The number of benzene rings is 6. The van der Waals surface area contributed by atoms with Gasteiger partial charge in [0.15, 0.2) is 25.2 Å². The maximum atomic E-state index is 10.6. The SMILES string of the molecule is CO[C@H]1OC(CO[Si](c2ccccc2)(c2ccccc2)C(C)(C)C)[C@@H](O[C@@H]2OC(C)[C@@H](O[C@@H]3OC(CO[Si](c4ccccc4)(c4ccccc4)C(C)(C)C)[C@@H](O[C@@H]4OC(C)[C@@H](C)[C@@H](OCc5ccccc5)C4C)[C@H](C)C3N=[N+]=[N-])[C@@H](OCc3ccccc3)C2C)[C@H](C)C1C. The average molecular weight is 1320 g/mol. The van der Waals surface area contributed by atoms with E-state index in [-0.39, 0.29) is 65.8 Å².